The van der Waals surface area contributed by atoms with Gasteiger partial charge in [0.15, 0.2) is 0 Å². The Hall–Kier alpha value is -1.59. The lowest BCUT2D eigenvalue weighted by atomic mass is 9.93. The SMILES string of the molecule is CC(CCC(CCC(=O)O)C(=O)O)C(=O)O. The molecule has 0 radical (unpaired) electrons. The molecule has 2 unspecified atom stereocenters. The smallest absolute Gasteiger partial charge is 0.306 e. The molecule has 0 aromatic carbocycles. The summed E-state index contributed by atoms with van der Waals surface area (Å²) >= 11 is 0. The fourth-order valence-corrected chi connectivity index (χ4v) is 1.26. The van der Waals surface area contributed by atoms with Crippen LogP contribution in [0.5, 0.6) is 0 Å². The van der Waals surface area contributed by atoms with E-state index in [1.54, 1.807) is 0 Å². The molecule has 0 aliphatic carbocycles. The summed E-state index contributed by atoms with van der Waals surface area (Å²) in [4.78, 5) is 31.5. The molecule has 0 aliphatic heterocycles. The molecule has 0 spiro atoms. The van der Waals surface area contributed by atoms with Gasteiger partial charge in [0.2, 0.25) is 0 Å². The van der Waals surface area contributed by atoms with Crippen LogP contribution in [0.1, 0.15) is 32.6 Å². The first-order chi connectivity index (χ1) is 7.34. The van der Waals surface area contributed by atoms with Crippen LogP contribution in [0, 0.1) is 11.8 Å². The second-order valence-electron chi connectivity index (χ2n) is 3.78. The molecular weight excluding hydrogens is 216 g/mol. The fourth-order valence-electron chi connectivity index (χ4n) is 1.26. The number of rotatable bonds is 8. The van der Waals surface area contributed by atoms with E-state index in [1.807, 2.05) is 0 Å². The van der Waals surface area contributed by atoms with Crippen LogP contribution in [0.3, 0.4) is 0 Å². The van der Waals surface area contributed by atoms with E-state index in [-0.39, 0.29) is 25.7 Å². The first-order valence-electron chi connectivity index (χ1n) is 5.02. The fraction of sp³-hybridized carbons (Fsp3) is 0.700. The lowest BCUT2D eigenvalue weighted by molar-refractivity contribution is -0.145. The van der Waals surface area contributed by atoms with Gasteiger partial charge in [-0.2, -0.15) is 0 Å². The summed E-state index contributed by atoms with van der Waals surface area (Å²) in [5.74, 6) is -4.47. The van der Waals surface area contributed by atoms with Crippen LogP contribution in [0.15, 0.2) is 0 Å². The third-order valence-electron chi connectivity index (χ3n) is 2.43. The summed E-state index contributed by atoms with van der Waals surface area (Å²) in [6.07, 6.45) is 0.261. The molecule has 0 saturated carbocycles. The van der Waals surface area contributed by atoms with Crippen molar-refractivity contribution in [3.05, 3.63) is 0 Å². The van der Waals surface area contributed by atoms with Crippen LogP contribution in [-0.2, 0) is 14.4 Å². The third-order valence-corrected chi connectivity index (χ3v) is 2.43. The summed E-state index contributed by atoms with van der Waals surface area (Å²) in [5.41, 5.74) is 0. The molecule has 0 bridgehead atoms. The molecule has 0 fully saturated rings. The van der Waals surface area contributed by atoms with Gasteiger partial charge in [0.1, 0.15) is 0 Å². The Kier molecular flexibility index (Phi) is 6.14. The second kappa shape index (κ2) is 6.81. The van der Waals surface area contributed by atoms with Crippen LogP contribution in [0.4, 0.5) is 0 Å². The summed E-state index contributed by atoms with van der Waals surface area (Å²) in [6.45, 7) is 1.50. The Labute approximate surface area is 92.9 Å². The Morgan fingerprint density at radius 2 is 1.50 bits per heavy atom. The van der Waals surface area contributed by atoms with Gasteiger partial charge in [-0.1, -0.05) is 6.92 Å². The topological polar surface area (TPSA) is 112 Å². The van der Waals surface area contributed by atoms with Crippen molar-refractivity contribution in [3.63, 3.8) is 0 Å². The second-order valence-corrected chi connectivity index (χ2v) is 3.78. The highest BCUT2D eigenvalue weighted by atomic mass is 16.4. The van der Waals surface area contributed by atoms with Crippen molar-refractivity contribution >= 4 is 17.9 Å². The average molecular weight is 232 g/mol. The maximum atomic E-state index is 10.8. The quantitative estimate of drug-likeness (QED) is 0.576. The molecule has 2 atom stereocenters. The monoisotopic (exact) mass is 232 g/mol. The van der Waals surface area contributed by atoms with Gasteiger partial charge in [-0.3, -0.25) is 14.4 Å². The molecule has 0 rings (SSSR count). The molecule has 0 aromatic rings. The van der Waals surface area contributed by atoms with E-state index in [0.29, 0.717) is 0 Å². The van der Waals surface area contributed by atoms with Crippen molar-refractivity contribution in [1.29, 1.82) is 0 Å². The predicted octanol–water partition coefficient (Wildman–Crippen LogP) is 1.05. The van der Waals surface area contributed by atoms with E-state index in [0.717, 1.165) is 0 Å². The minimum absolute atomic E-state index is 0.0387. The van der Waals surface area contributed by atoms with E-state index in [2.05, 4.69) is 0 Å². The molecule has 0 aromatic heterocycles. The van der Waals surface area contributed by atoms with Crippen LogP contribution in [0.25, 0.3) is 0 Å². The lowest BCUT2D eigenvalue weighted by Gasteiger charge is -2.12. The molecule has 3 N–H and O–H groups in total. The summed E-state index contributed by atoms with van der Waals surface area (Å²) in [5, 5.41) is 25.8. The number of hydrogen-bond donors (Lipinski definition) is 3. The Morgan fingerprint density at radius 1 is 0.938 bits per heavy atom. The van der Waals surface area contributed by atoms with Gasteiger partial charge in [-0.25, -0.2) is 0 Å². The minimum Gasteiger partial charge on any atom is -0.481 e. The molecule has 0 aliphatic rings. The molecule has 6 nitrogen and oxygen atoms in total. The van der Waals surface area contributed by atoms with E-state index in [4.69, 9.17) is 15.3 Å². The van der Waals surface area contributed by atoms with Crippen LogP contribution in [0.2, 0.25) is 0 Å². The van der Waals surface area contributed by atoms with Gasteiger partial charge in [0, 0.05) is 6.42 Å². The van der Waals surface area contributed by atoms with Crippen molar-refractivity contribution in [3.8, 4) is 0 Å². The average Bonchev–Trinajstić information content (AvgIpc) is 2.15. The summed E-state index contributed by atoms with van der Waals surface area (Å²) in [6, 6.07) is 0. The molecule has 16 heavy (non-hydrogen) atoms. The Balaban J connectivity index is 4.09. The maximum Gasteiger partial charge on any atom is 0.306 e. The zero-order valence-electron chi connectivity index (χ0n) is 9.05. The number of hydrogen-bond acceptors (Lipinski definition) is 3. The van der Waals surface area contributed by atoms with Crippen molar-refractivity contribution in [2.45, 2.75) is 32.6 Å². The van der Waals surface area contributed by atoms with Gasteiger partial charge in [-0.15, -0.1) is 0 Å². The van der Waals surface area contributed by atoms with Gasteiger partial charge in [0.05, 0.1) is 11.8 Å². The first kappa shape index (κ1) is 14.4. The number of carboxylic acid groups (broad SMARTS) is 3. The van der Waals surface area contributed by atoms with Gasteiger partial charge >= 0.3 is 17.9 Å². The molecule has 6 heteroatoms. The maximum absolute atomic E-state index is 10.8. The van der Waals surface area contributed by atoms with E-state index >= 15 is 0 Å². The van der Waals surface area contributed by atoms with Crippen molar-refractivity contribution < 1.29 is 29.7 Å². The zero-order chi connectivity index (χ0) is 12.7. The number of aliphatic carboxylic acids is 3. The summed E-state index contributed by atoms with van der Waals surface area (Å²) in [7, 11) is 0. The van der Waals surface area contributed by atoms with Crippen molar-refractivity contribution in [2.24, 2.45) is 11.8 Å². The number of carboxylic acids is 3. The molecule has 0 heterocycles. The van der Waals surface area contributed by atoms with Gasteiger partial charge in [0.25, 0.3) is 0 Å². The Bertz CT molecular complexity index is 272. The lowest BCUT2D eigenvalue weighted by Crippen LogP contribution is -2.18. The zero-order valence-corrected chi connectivity index (χ0v) is 9.05. The van der Waals surface area contributed by atoms with E-state index in [9.17, 15) is 14.4 Å². The highest BCUT2D eigenvalue weighted by molar-refractivity contribution is 5.72. The molecule has 0 amide bonds. The normalized spacial score (nSPS) is 14.1. The number of carbonyl (C=O) groups is 3. The highest BCUT2D eigenvalue weighted by Crippen LogP contribution is 2.18. The van der Waals surface area contributed by atoms with Gasteiger partial charge < -0.3 is 15.3 Å². The van der Waals surface area contributed by atoms with E-state index < -0.39 is 29.7 Å². The molecular formula is C10H16O6. The standard InChI is InChI=1S/C10H16O6/c1-6(9(13)14)2-3-7(10(15)16)4-5-8(11)12/h6-7H,2-5H2,1H3,(H,11,12)(H,13,14)(H,15,16). The van der Waals surface area contributed by atoms with Crippen LogP contribution >= 0.6 is 0 Å². The summed E-state index contributed by atoms with van der Waals surface area (Å²) < 4.78 is 0. The molecule has 0 saturated heterocycles. The van der Waals surface area contributed by atoms with Crippen molar-refractivity contribution in [2.75, 3.05) is 0 Å². The van der Waals surface area contributed by atoms with Gasteiger partial charge in [-0.05, 0) is 19.3 Å². The minimum atomic E-state index is -1.07. The largest absolute Gasteiger partial charge is 0.481 e. The van der Waals surface area contributed by atoms with Crippen molar-refractivity contribution in [1.82, 2.24) is 0 Å². The molecule has 92 valence electrons. The first-order valence-corrected chi connectivity index (χ1v) is 5.02. The predicted molar refractivity (Wildman–Crippen MR) is 54.0 cm³/mol. The van der Waals surface area contributed by atoms with Crippen LogP contribution < -0.4 is 0 Å². The van der Waals surface area contributed by atoms with Crippen LogP contribution in [-0.4, -0.2) is 33.2 Å². The highest BCUT2D eigenvalue weighted by Gasteiger charge is 2.21. The Morgan fingerprint density at radius 3 is 1.88 bits per heavy atom. The van der Waals surface area contributed by atoms with E-state index in [1.165, 1.54) is 6.92 Å². The third kappa shape index (κ3) is 6.00.